The maximum atomic E-state index is 12.3. The topological polar surface area (TPSA) is 41.6 Å². The minimum Gasteiger partial charge on any atom is -0.444 e. The van der Waals surface area contributed by atoms with Crippen molar-refractivity contribution in [3.05, 3.63) is 35.9 Å². The summed E-state index contributed by atoms with van der Waals surface area (Å²) in [5.74, 6) is 0.945. The maximum absolute atomic E-state index is 12.3. The predicted octanol–water partition coefficient (Wildman–Crippen LogP) is 4.35. The van der Waals surface area contributed by atoms with Crippen LogP contribution in [0.5, 0.6) is 0 Å². The van der Waals surface area contributed by atoms with Gasteiger partial charge in [-0.25, -0.2) is 4.79 Å². The molecular weight excluding hydrogens is 312 g/mol. The molecule has 1 rings (SSSR count). The quantitative estimate of drug-likeness (QED) is 0.759. The van der Waals surface area contributed by atoms with Crippen molar-refractivity contribution in [3.63, 3.8) is 0 Å². The van der Waals surface area contributed by atoms with Gasteiger partial charge in [-0.1, -0.05) is 51.1 Å². The minimum absolute atomic E-state index is 0.0341. The van der Waals surface area contributed by atoms with Crippen molar-refractivity contribution < 1.29 is 9.53 Å². The zero-order chi connectivity index (χ0) is 19.0. The Bertz CT molecular complexity index is 508. The van der Waals surface area contributed by atoms with Crippen molar-refractivity contribution in [3.8, 4) is 0 Å². The average Bonchev–Trinajstić information content (AvgIpc) is 2.44. The van der Waals surface area contributed by atoms with E-state index in [9.17, 15) is 4.79 Å². The Hall–Kier alpha value is -1.55. The van der Waals surface area contributed by atoms with Crippen LogP contribution in [0.2, 0.25) is 0 Å². The molecule has 4 heteroatoms. The molecule has 25 heavy (non-hydrogen) atoms. The summed E-state index contributed by atoms with van der Waals surface area (Å²) in [6.07, 6.45) is 0.461. The lowest BCUT2D eigenvalue weighted by atomic mass is 9.94. The molecule has 0 heterocycles. The van der Waals surface area contributed by atoms with Crippen molar-refractivity contribution in [2.75, 3.05) is 20.1 Å². The van der Waals surface area contributed by atoms with Crippen LogP contribution in [0.25, 0.3) is 0 Å². The molecule has 0 bridgehead atoms. The highest BCUT2D eigenvalue weighted by Crippen LogP contribution is 2.14. The van der Waals surface area contributed by atoms with Gasteiger partial charge in [-0.15, -0.1) is 0 Å². The lowest BCUT2D eigenvalue weighted by molar-refractivity contribution is 0.0481. The second-order valence-corrected chi connectivity index (χ2v) is 8.53. The van der Waals surface area contributed by atoms with E-state index in [1.54, 1.807) is 0 Å². The molecule has 0 radical (unpaired) electrons. The lowest BCUT2D eigenvalue weighted by Crippen LogP contribution is -2.46. The van der Waals surface area contributed by atoms with E-state index in [1.165, 1.54) is 5.56 Å². The molecule has 1 aromatic rings. The van der Waals surface area contributed by atoms with Gasteiger partial charge in [0.05, 0.1) is 0 Å². The number of nitrogens with zero attached hydrogens (tertiary/aromatic N) is 1. The van der Waals surface area contributed by atoms with Gasteiger partial charge >= 0.3 is 6.09 Å². The molecular formula is C21H36N2O2. The molecule has 0 aliphatic rings. The molecule has 0 spiro atoms. The van der Waals surface area contributed by atoms with Crippen molar-refractivity contribution in [2.24, 2.45) is 11.8 Å². The Kier molecular flexibility index (Phi) is 8.43. The highest BCUT2D eigenvalue weighted by molar-refractivity contribution is 5.68. The summed E-state index contributed by atoms with van der Waals surface area (Å²) in [7, 11) is 2.14. The summed E-state index contributed by atoms with van der Waals surface area (Å²) in [5, 5.41) is 3.09. The third-order valence-electron chi connectivity index (χ3n) is 3.96. The van der Waals surface area contributed by atoms with Crippen molar-refractivity contribution in [2.45, 2.75) is 59.6 Å². The monoisotopic (exact) mass is 348 g/mol. The third kappa shape index (κ3) is 9.49. The van der Waals surface area contributed by atoms with Crippen LogP contribution >= 0.6 is 0 Å². The average molecular weight is 349 g/mol. The van der Waals surface area contributed by atoms with E-state index in [0.717, 1.165) is 19.5 Å². The molecule has 1 unspecified atom stereocenters. The summed E-state index contributed by atoms with van der Waals surface area (Å²) in [4.78, 5) is 14.6. The first-order chi connectivity index (χ1) is 11.6. The largest absolute Gasteiger partial charge is 0.444 e. The summed E-state index contributed by atoms with van der Waals surface area (Å²) in [6.45, 7) is 14.3. The highest BCUT2D eigenvalue weighted by Gasteiger charge is 2.24. The van der Waals surface area contributed by atoms with Crippen LogP contribution in [0.3, 0.4) is 0 Å². The second kappa shape index (κ2) is 9.81. The fourth-order valence-electron chi connectivity index (χ4n) is 3.04. The SMILES string of the molecule is CC(C)CN(C)C[C@@H](C)C(Cc1ccccc1)NC(=O)OC(C)(C)C. The van der Waals surface area contributed by atoms with Crippen LogP contribution in [0.15, 0.2) is 30.3 Å². The van der Waals surface area contributed by atoms with E-state index in [1.807, 2.05) is 39.0 Å². The number of benzene rings is 1. The Morgan fingerprint density at radius 1 is 1.12 bits per heavy atom. The van der Waals surface area contributed by atoms with Crippen LogP contribution in [-0.4, -0.2) is 42.8 Å². The lowest BCUT2D eigenvalue weighted by Gasteiger charge is -2.30. The number of alkyl carbamates (subject to hydrolysis) is 1. The number of carbonyl (C=O) groups is 1. The first-order valence-corrected chi connectivity index (χ1v) is 9.29. The van der Waals surface area contributed by atoms with Gasteiger partial charge in [-0.2, -0.15) is 0 Å². The number of ether oxygens (including phenoxy) is 1. The van der Waals surface area contributed by atoms with Gasteiger partial charge in [-0.3, -0.25) is 0 Å². The van der Waals surface area contributed by atoms with Crippen molar-refractivity contribution >= 4 is 6.09 Å². The fraction of sp³-hybridized carbons (Fsp3) is 0.667. The molecule has 0 aliphatic carbocycles. The van der Waals surface area contributed by atoms with Gasteiger partial charge in [0.15, 0.2) is 0 Å². The van der Waals surface area contributed by atoms with Crippen molar-refractivity contribution in [1.29, 1.82) is 0 Å². The Morgan fingerprint density at radius 2 is 1.72 bits per heavy atom. The summed E-state index contributed by atoms with van der Waals surface area (Å²) in [6, 6.07) is 10.3. The molecule has 4 nitrogen and oxygen atoms in total. The van der Waals surface area contributed by atoms with Crippen LogP contribution in [0, 0.1) is 11.8 Å². The van der Waals surface area contributed by atoms with Gasteiger partial charge in [0.2, 0.25) is 0 Å². The van der Waals surface area contributed by atoms with Gasteiger partial charge in [0, 0.05) is 19.1 Å². The Labute approximate surface area is 153 Å². The second-order valence-electron chi connectivity index (χ2n) is 8.53. The number of amides is 1. The van der Waals surface area contributed by atoms with Gasteiger partial charge in [0.25, 0.3) is 0 Å². The first kappa shape index (κ1) is 21.5. The molecule has 1 amide bonds. The number of hydrogen-bond donors (Lipinski definition) is 1. The molecule has 2 atom stereocenters. The molecule has 142 valence electrons. The molecule has 1 N–H and O–H groups in total. The summed E-state index contributed by atoms with van der Waals surface area (Å²) < 4.78 is 5.46. The Balaban J connectivity index is 2.77. The molecule has 0 saturated carbocycles. The summed E-state index contributed by atoms with van der Waals surface area (Å²) in [5.41, 5.74) is 0.737. The third-order valence-corrected chi connectivity index (χ3v) is 3.96. The number of nitrogens with one attached hydrogen (secondary N) is 1. The van der Waals surface area contributed by atoms with E-state index in [-0.39, 0.29) is 12.1 Å². The maximum Gasteiger partial charge on any atom is 0.407 e. The zero-order valence-electron chi connectivity index (χ0n) is 17.0. The number of rotatable bonds is 8. The number of carbonyl (C=O) groups excluding carboxylic acids is 1. The first-order valence-electron chi connectivity index (χ1n) is 9.29. The van der Waals surface area contributed by atoms with Gasteiger partial charge in [-0.05, 0) is 51.6 Å². The summed E-state index contributed by atoms with van der Waals surface area (Å²) >= 11 is 0. The van der Waals surface area contributed by atoms with E-state index in [4.69, 9.17) is 4.74 Å². The van der Waals surface area contributed by atoms with E-state index in [0.29, 0.717) is 11.8 Å². The molecule has 0 aliphatic heterocycles. The minimum atomic E-state index is -0.487. The van der Waals surface area contributed by atoms with Crippen LogP contribution in [-0.2, 0) is 11.2 Å². The van der Waals surface area contributed by atoms with Crippen LogP contribution in [0.4, 0.5) is 4.79 Å². The van der Waals surface area contributed by atoms with Crippen LogP contribution in [0.1, 0.15) is 47.1 Å². The molecule has 0 fully saturated rings. The van der Waals surface area contributed by atoms with E-state index in [2.05, 4.69) is 50.2 Å². The number of hydrogen-bond acceptors (Lipinski definition) is 3. The molecule has 0 aromatic heterocycles. The standard InChI is InChI=1S/C21H36N2O2/c1-16(2)14-23(7)15-17(3)19(13-18-11-9-8-10-12-18)22-20(24)25-21(4,5)6/h8-12,16-17,19H,13-15H2,1-7H3,(H,22,24)/t17-,19?/m1/s1. The smallest absolute Gasteiger partial charge is 0.407 e. The van der Waals surface area contributed by atoms with Gasteiger partial charge < -0.3 is 15.0 Å². The van der Waals surface area contributed by atoms with Crippen molar-refractivity contribution in [1.82, 2.24) is 10.2 Å². The normalized spacial score (nSPS) is 14.4. The van der Waals surface area contributed by atoms with E-state index >= 15 is 0 Å². The zero-order valence-corrected chi connectivity index (χ0v) is 17.0. The Morgan fingerprint density at radius 3 is 2.24 bits per heavy atom. The predicted molar refractivity (Wildman–Crippen MR) is 105 cm³/mol. The van der Waals surface area contributed by atoms with Crippen LogP contribution < -0.4 is 5.32 Å². The fourth-order valence-corrected chi connectivity index (χ4v) is 3.04. The van der Waals surface area contributed by atoms with Gasteiger partial charge in [0.1, 0.15) is 5.60 Å². The highest BCUT2D eigenvalue weighted by atomic mass is 16.6. The molecule has 0 saturated heterocycles. The van der Waals surface area contributed by atoms with E-state index < -0.39 is 5.60 Å². The molecule has 1 aromatic carbocycles.